The maximum absolute atomic E-state index is 13.3. The second-order valence-electron chi connectivity index (χ2n) is 9.92. The molecule has 2 fully saturated rings. The molecule has 4 rings (SSSR count). The molecule has 0 spiro atoms. The highest BCUT2D eigenvalue weighted by Gasteiger charge is 2.28. The molecule has 8 heteroatoms. The average molecular weight is 481 g/mol. The zero-order valence-corrected chi connectivity index (χ0v) is 19.9. The van der Waals surface area contributed by atoms with Crippen molar-refractivity contribution in [3.05, 3.63) is 46.5 Å². The van der Waals surface area contributed by atoms with Crippen LogP contribution in [0.15, 0.2) is 24.3 Å². The van der Waals surface area contributed by atoms with Gasteiger partial charge >= 0.3 is 11.9 Å². The molecule has 0 radical (unpaired) electrons. The van der Waals surface area contributed by atoms with Crippen LogP contribution in [0.4, 0.5) is 0 Å². The molecule has 0 atom stereocenters. The lowest BCUT2D eigenvalue weighted by molar-refractivity contribution is 0.0684. The van der Waals surface area contributed by atoms with E-state index in [9.17, 15) is 29.4 Å². The first-order valence-corrected chi connectivity index (χ1v) is 12.4. The van der Waals surface area contributed by atoms with Crippen molar-refractivity contribution in [2.75, 3.05) is 0 Å². The van der Waals surface area contributed by atoms with E-state index in [0.717, 1.165) is 57.8 Å². The number of fused-ring (bicyclic) bond motifs is 1. The quantitative estimate of drug-likeness (QED) is 0.477. The Hall–Kier alpha value is -3.42. The molecule has 0 unspecified atom stereocenters. The Kier molecular flexibility index (Phi) is 7.38. The fourth-order valence-electron chi connectivity index (χ4n) is 5.41. The number of carboxylic acids is 2. The van der Waals surface area contributed by atoms with Crippen molar-refractivity contribution in [3.63, 3.8) is 0 Å². The number of benzene rings is 2. The first-order chi connectivity index (χ1) is 16.8. The Morgan fingerprint density at radius 1 is 0.629 bits per heavy atom. The number of hydrogen-bond acceptors (Lipinski definition) is 4. The summed E-state index contributed by atoms with van der Waals surface area (Å²) in [6.07, 6.45) is 8.47. The first kappa shape index (κ1) is 24.7. The number of carboxylic acid groups (broad SMARTS) is 2. The lowest BCUT2D eigenvalue weighted by atomic mass is 9.87. The molecule has 2 aliphatic rings. The summed E-state index contributed by atoms with van der Waals surface area (Å²) >= 11 is 0. The minimum atomic E-state index is -1.29. The number of aromatic carboxylic acids is 2. The zero-order valence-electron chi connectivity index (χ0n) is 19.9. The van der Waals surface area contributed by atoms with Crippen LogP contribution < -0.4 is 10.6 Å². The third-order valence-electron chi connectivity index (χ3n) is 7.40. The van der Waals surface area contributed by atoms with Crippen LogP contribution in [0, 0.1) is 5.92 Å². The molecule has 0 aromatic heterocycles. The monoisotopic (exact) mass is 480 g/mol. The van der Waals surface area contributed by atoms with Crippen molar-refractivity contribution in [1.29, 1.82) is 0 Å². The van der Waals surface area contributed by atoms with Crippen LogP contribution in [0.5, 0.6) is 0 Å². The number of hydrogen-bond donors (Lipinski definition) is 4. The summed E-state index contributed by atoms with van der Waals surface area (Å²) < 4.78 is 0. The maximum Gasteiger partial charge on any atom is 0.336 e. The first-order valence-electron chi connectivity index (χ1n) is 12.4. The molecule has 186 valence electrons. The van der Waals surface area contributed by atoms with Crippen molar-refractivity contribution in [3.8, 4) is 0 Å². The van der Waals surface area contributed by atoms with Crippen LogP contribution in [-0.4, -0.2) is 46.0 Å². The van der Waals surface area contributed by atoms with Gasteiger partial charge in [-0.1, -0.05) is 26.2 Å². The van der Waals surface area contributed by atoms with Crippen LogP contribution in [0.2, 0.25) is 0 Å². The van der Waals surface area contributed by atoms with E-state index in [1.807, 2.05) is 0 Å². The molecule has 0 saturated heterocycles. The third-order valence-corrected chi connectivity index (χ3v) is 7.40. The minimum absolute atomic E-state index is 0.0149. The Morgan fingerprint density at radius 3 is 1.46 bits per heavy atom. The highest BCUT2D eigenvalue weighted by molar-refractivity contribution is 6.23. The Labute approximate surface area is 204 Å². The van der Waals surface area contributed by atoms with Gasteiger partial charge in [-0.05, 0) is 68.7 Å². The Morgan fingerprint density at radius 2 is 1.03 bits per heavy atom. The molecule has 4 N–H and O–H groups in total. The predicted octanol–water partition coefficient (Wildman–Crippen LogP) is 4.61. The summed E-state index contributed by atoms with van der Waals surface area (Å²) in [4.78, 5) is 50.8. The largest absolute Gasteiger partial charge is 0.478 e. The van der Waals surface area contributed by atoms with Gasteiger partial charge in [0.2, 0.25) is 0 Å². The molecule has 2 aromatic rings. The number of carbonyl (C=O) groups excluding carboxylic acids is 2. The summed E-state index contributed by atoms with van der Waals surface area (Å²) in [5.41, 5.74) is -0.290. The van der Waals surface area contributed by atoms with Gasteiger partial charge < -0.3 is 20.8 Å². The molecule has 8 nitrogen and oxygen atoms in total. The molecule has 2 aliphatic carbocycles. The summed E-state index contributed by atoms with van der Waals surface area (Å²) in [6.45, 7) is 2.18. The molecule has 0 heterocycles. The summed E-state index contributed by atoms with van der Waals surface area (Å²) in [5, 5.41) is 25.7. The van der Waals surface area contributed by atoms with E-state index >= 15 is 0 Å². The molecular formula is C27H32N2O6. The van der Waals surface area contributed by atoms with Gasteiger partial charge in [-0.3, -0.25) is 9.59 Å². The van der Waals surface area contributed by atoms with Gasteiger partial charge in [0.1, 0.15) is 0 Å². The molecular weight excluding hydrogens is 448 g/mol. The summed E-state index contributed by atoms with van der Waals surface area (Å²) in [5.74, 6) is -2.91. The van der Waals surface area contributed by atoms with Crippen molar-refractivity contribution in [1.82, 2.24) is 10.6 Å². The second kappa shape index (κ2) is 10.5. The van der Waals surface area contributed by atoms with E-state index in [1.165, 1.54) is 24.3 Å². The minimum Gasteiger partial charge on any atom is -0.478 e. The Balaban J connectivity index is 1.80. The van der Waals surface area contributed by atoms with E-state index in [4.69, 9.17) is 0 Å². The van der Waals surface area contributed by atoms with Crippen LogP contribution >= 0.6 is 0 Å². The summed E-state index contributed by atoms with van der Waals surface area (Å²) in [7, 11) is 0. The van der Waals surface area contributed by atoms with Gasteiger partial charge in [-0.25, -0.2) is 9.59 Å². The van der Waals surface area contributed by atoms with E-state index in [-0.39, 0.29) is 45.1 Å². The van der Waals surface area contributed by atoms with E-state index in [2.05, 4.69) is 17.6 Å². The van der Waals surface area contributed by atoms with Crippen LogP contribution in [0.1, 0.15) is 106 Å². The zero-order chi connectivity index (χ0) is 25.1. The van der Waals surface area contributed by atoms with E-state index < -0.39 is 23.8 Å². The molecule has 2 amide bonds. The lowest BCUT2D eigenvalue weighted by Crippen LogP contribution is -2.38. The Bertz CT molecular complexity index is 1160. The van der Waals surface area contributed by atoms with Gasteiger partial charge in [0.25, 0.3) is 11.8 Å². The van der Waals surface area contributed by atoms with Crippen molar-refractivity contribution in [2.45, 2.75) is 76.8 Å². The number of carbonyl (C=O) groups is 4. The van der Waals surface area contributed by atoms with Gasteiger partial charge in [-0.2, -0.15) is 0 Å². The van der Waals surface area contributed by atoms with E-state index in [0.29, 0.717) is 5.92 Å². The second-order valence-corrected chi connectivity index (χ2v) is 9.92. The summed E-state index contributed by atoms with van der Waals surface area (Å²) in [6, 6.07) is 5.22. The van der Waals surface area contributed by atoms with Crippen molar-refractivity contribution < 1.29 is 29.4 Å². The number of amides is 2. The molecule has 0 aliphatic heterocycles. The fraction of sp³-hybridized carbons (Fsp3) is 0.481. The standard InChI is InChI=1S/C27H32N2O6/c1-15-7-9-17(10-8-15)29-25(31)19-12-11-18(24(30)28-16-5-3-2-4-6-16)22-20(26(32)33)13-14-21(23(19)22)27(34)35/h11-17H,2-10H2,1H3,(H,28,30)(H,29,31)(H,32,33)(H,34,35)/t15-,17-. The lowest BCUT2D eigenvalue weighted by Gasteiger charge is -2.27. The third kappa shape index (κ3) is 5.31. The fourth-order valence-corrected chi connectivity index (χ4v) is 5.41. The van der Waals surface area contributed by atoms with Gasteiger partial charge in [0.15, 0.2) is 0 Å². The van der Waals surface area contributed by atoms with Gasteiger partial charge in [-0.15, -0.1) is 0 Å². The predicted molar refractivity (Wildman–Crippen MR) is 131 cm³/mol. The molecule has 35 heavy (non-hydrogen) atoms. The number of nitrogens with one attached hydrogen (secondary N) is 2. The molecule has 2 aromatic carbocycles. The molecule has 0 bridgehead atoms. The number of rotatable bonds is 6. The van der Waals surface area contributed by atoms with Crippen LogP contribution in [0.3, 0.4) is 0 Å². The van der Waals surface area contributed by atoms with Gasteiger partial charge in [0, 0.05) is 34.0 Å². The maximum atomic E-state index is 13.3. The van der Waals surface area contributed by atoms with E-state index in [1.54, 1.807) is 0 Å². The smallest absolute Gasteiger partial charge is 0.336 e. The normalized spacial score (nSPS) is 20.8. The van der Waals surface area contributed by atoms with Crippen LogP contribution in [0.25, 0.3) is 10.8 Å². The highest BCUT2D eigenvalue weighted by Crippen LogP contribution is 2.32. The highest BCUT2D eigenvalue weighted by atomic mass is 16.4. The van der Waals surface area contributed by atoms with Crippen molar-refractivity contribution >= 4 is 34.5 Å². The molecule has 2 saturated carbocycles. The van der Waals surface area contributed by atoms with Crippen LogP contribution in [-0.2, 0) is 0 Å². The average Bonchev–Trinajstić information content (AvgIpc) is 2.84. The SMILES string of the molecule is C[C@H]1CC[C@H](NC(=O)c2ccc(C(=O)NC3CCCCC3)c3c(C(=O)O)ccc(C(=O)O)c23)CC1. The topological polar surface area (TPSA) is 133 Å². The van der Waals surface area contributed by atoms with Crippen molar-refractivity contribution in [2.24, 2.45) is 5.92 Å². The van der Waals surface area contributed by atoms with Gasteiger partial charge in [0.05, 0.1) is 11.1 Å².